The van der Waals surface area contributed by atoms with Gasteiger partial charge >= 0.3 is 0 Å². The fourth-order valence-electron chi connectivity index (χ4n) is 3.64. The third-order valence-electron chi connectivity index (χ3n) is 5.00. The molecule has 0 spiro atoms. The number of piperidine rings is 1. The number of hydrogen-bond donors (Lipinski definition) is 1. The van der Waals surface area contributed by atoms with E-state index in [-0.39, 0.29) is 0 Å². The van der Waals surface area contributed by atoms with E-state index in [0.29, 0.717) is 0 Å². The molecule has 1 N–H and O–H groups in total. The van der Waals surface area contributed by atoms with E-state index < -0.39 is 0 Å². The fourth-order valence-corrected chi connectivity index (χ4v) is 3.64. The van der Waals surface area contributed by atoms with Crippen LogP contribution in [0, 0.1) is 0 Å². The Bertz CT molecular complexity index is 498. The Morgan fingerprint density at radius 3 is 2.59 bits per heavy atom. The van der Waals surface area contributed by atoms with Crippen molar-refractivity contribution in [2.45, 2.75) is 44.7 Å². The highest BCUT2D eigenvalue weighted by Gasteiger charge is 2.20. The Morgan fingerprint density at radius 2 is 1.91 bits per heavy atom. The van der Waals surface area contributed by atoms with Crippen LogP contribution in [0.2, 0.25) is 0 Å². The highest BCUT2D eigenvalue weighted by atomic mass is 16.5. The number of hydrogen-bond acceptors (Lipinski definition) is 4. The number of nitrogens with one attached hydrogen (secondary N) is 1. The summed E-state index contributed by atoms with van der Waals surface area (Å²) < 4.78 is 10.8. The van der Waals surface area contributed by atoms with Crippen molar-refractivity contribution >= 4 is 0 Å². The highest BCUT2D eigenvalue weighted by molar-refractivity contribution is 5.48. The first kappa shape index (κ1) is 15.6. The minimum Gasteiger partial charge on any atom is -0.493 e. The lowest BCUT2D eigenvalue weighted by molar-refractivity contribution is 0.229. The molecule has 2 aliphatic heterocycles. The largest absolute Gasteiger partial charge is 0.493 e. The zero-order chi connectivity index (χ0) is 15.4. The zero-order valence-electron chi connectivity index (χ0n) is 13.9. The van der Waals surface area contributed by atoms with Crippen molar-refractivity contribution in [1.29, 1.82) is 0 Å². The SMILES string of the molecule is COc1cc2c(cc1OC)CN(CC[C@H]1CCCCN1)CC2. The van der Waals surface area contributed by atoms with Crippen molar-refractivity contribution < 1.29 is 9.47 Å². The molecule has 4 heteroatoms. The van der Waals surface area contributed by atoms with Gasteiger partial charge in [-0.25, -0.2) is 0 Å². The predicted molar refractivity (Wildman–Crippen MR) is 88.8 cm³/mol. The van der Waals surface area contributed by atoms with Crippen LogP contribution in [-0.2, 0) is 13.0 Å². The Morgan fingerprint density at radius 1 is 1.14 bits per heavy atom. The zero-order valence-corrected chi connectivity index (χ0v) is 13.9. The summed E-state index contributed by atoms with van der Waals surface area (Å²) in [5.41, 5.74) is 2.80. The molecule has 4 nitrogen and oxygen atoms in total. The molecule has 0 bridgehead atoms. The van der Waals surface area contributed by atoms with E-state index in [2.05, 4.69) is 22.3 Å². The van der Waals surface area contributed by atoms with Gasteiger partial charge in [-0.1, -0.05) is 6.42 Å². The van der Waals surface area contributed by atoms with Crippen molar-refractivity contribution in [3.05, 3.63) is 23.3 Å². The molecule has 1 saturated heterocycles. The van der Waals surface area contributed by atoms with Crippen LogP contribution in [0.3, 0.4) is 0 Å². The molecule has 0 unspecified atom stereocenters. The Hall–Kier alpha value is -1.26. The number of nitrogens with zero attached hydrogens (tertiary/aromatic N) is 1. The molecular formula is C18H28N2O2. The van der Waals surface area contributed by atoms with Gasteiger partial charge in [0.25, 0.3) is 0 Å². The Kier molecular flexibility index (Phi) is 5.21. The maximum atomic E-state index is 5.44. The van der Waals surface area contributed by atoms with Crippen LogP contribution in [0.25, 0.3) is 0 Å². The molecule has 1 aromatic rings. The van der Waals surface area contributed by atoms with Crippen molar-refractivity contribution in [3.8, 4) is 11.5 Å². The first-order chi connectivity index (χ1) is 10.8. The predicted octanol–water partition coefficient (Wildman–Crippen LogP) is 2.59. The first-order valence-electron chi connectivity index (χ1n) is 8.49. The van der Waals surface area contributed by atoms with Gasteiger partial charge in [-0.15, -0.1) is 0 Å². The van der Waals surface area contributed by atoms with Gasteiger partial charge in [-0.2, -0.15) is 0 Å². The van der Waals surface area contributed by atoms with Crippen LogP contribution in [0.15, 0.2) is 12.1 Å². The molecule has 1 fully saturated rings. The molecule has 3 rings (SSSR count). The molecule has 0 aliphatic carbocycles. The summed E-state index contributed by atoms with van der Waals surface area (Å²) in [7, 11) is 3.41. The number of rotatable bonds is 5. The molecule has 2 heterocycles. The van der Waals surface area contributed by atoms with Gasteiger partial charge in [0.1, 0.15) is 0 Å². The van der Waals surface area contributed by atoms with E-state index in [0.717, 1.165) is 37.1 Å². The molecule has 0 aromatic heterocycles. The lowest BCUT2D eigenvalue weighted by atomic mass is 9.97. The summed E-state index contributed by atoms with van der Waals surface area (Å²) in [6, 6.07) is 5.02. The second kappa shape index (κ2) is 7.34. The van der Waals surface area contributed by atoms with Gasteiger partial charge in [0, 0.05) is 19.1 Å². The highest BCUT2D eigenvalue weighted by Crippen LogP contribution is 2.33. The van der Waals surface area contributed by atoms with Crippen LogP contribution in [0.4, 0.5) is 0 Å². The smallest absolute Gasteiger partial charge is 0.161 e. The van der Waals surface area contributed by atoms with Gasteiger partial charge in [-0.05, 0) is 62.0 Å². The van der Waals surface area contributed by atoms with Crippen molar-refractivity contribution in [2.75, 3.05) is 33.9 Å². The molecular weight excluding hydrogens is 276 g/mol. The van der Waals surface area contributed by atoms with Gasteiger partial charge in [0.15, 0.2) is 11.5 Å². The summed E-state index contributed by atoms with van der Waals surface area (Å²) in [5.74, 6) is 1.69. The quantitative estimate of drug-likeness (QED) is 0.906. The molecule has 1 aromatic carbocycles. The third-order valence-corrected chi connectivity index (χ3v) is 5.00. The van der Waals surface area contributed by atoms with Crippen LogP contribution in [-0.4, -0.2) is 44.8 Å². The normalized spacial score (nSPS) is 22.2. The van der Waals surface area contributed by atoms with Crippen molar-refractivity contribution in [1.82, 2.24) is 10.2 Å². The minimum atomic E-state index is 0.723. The van der Waals surface area contributed by atoms with Crippen LogP contribution in [0.1, 0.15) is 36.8 Å². The van der Waals surface area contributed by atoms with Gasteiger partial charge in [0.2, 0.25) is 0 Å². The number of ether oxygens (including phenoxy) is 2. The molecule has 0 radical (unpaired) electrons. The van der Waals surface area contributed by atoms with E-state index in [1.807, 2.05) is 0 Å². The van der Waals surface area contributed by atoms with E-state index in [9.17, 15) is 0 Å². The van der Waals surface area contributed by atoms with E-state index >= 15 is 0 Å². The number of benzene rings is 1. The Labute approximate surface area is 133 Å². The summed E-state index contributed by atoms with van der Waals surface area (Å²) in [4.78, 5) is 2.57. The topological polar surface area (TPSA) is 33.7 Å². The van der Waals surface area contributed by atoms with Crippen LogP contribution in [0.5, 0.6) is 11.5 Å². The van der Waals surface area contributed by atoms with Crippen LogP contribution >= 0.6 is 0 Å². The van der Waals surface area contributed by atoms with Crippen molar-refractivity contribution in [2.24, 2.45) is 0 Å². The van der Waals surface area contributed by atoms with Gasteiger partial charge in [0.05, 0.1) is 14.2 Å². The molecule has 0 amide bonds. The van der Waals surface area contributed by atoms with Crippen LogP contribution < -0.4 is 14.8 Å². The molecule has 22 heavy (non-hydrogen) atoms. The summed E-state index contributed by atoms with van der Waals surface area (Å²) in [5, 5.41) is 3.65. The standard InChI is InChI=1S/C18H28N2O2/c1-21-17-11-14-6-9-20(13-15(14)12-18(17)22-2)10-7-16-5-3-4-8-19-16/h11-12,16,19H,3-10,13H2,1-2H3/t16-/m1/s1. The monoisotopic (exact) mass is 304 g/mol. The van der Waals surface area contributed by atoms with Gasteiger partial charge in [-0.3, -0.25) is 4.90 Å². The lowest BCUT2D eigenvalue weighted by Crippen LogP contribution is -2.39. The molecule has 122 valence electrons. The van der Waals surface area contributed by atoms with Gasteiger partial charge < -0.3 is 14.8 Å². The Balaban J connectivity index is 1.60. The molecule has 1 atom stereocenters. The number of fused-ring (bicyclic) bond motifs is 1. The number of methoxy groups -OCH3 is 2. The van der Waals surface area contributed by atoms with Crippen molar-refractivity contribution in [3.63, 3.8) is 0 Å². The maximum Gasteiger partial charge on any atom is 0.161 e. The van der Waals surface area contributed by atoms with E-state index in [1.54, 1.807) is 14.2 Å². The third kappa shape index (κ3) is 3.55. The minimum absolute atomic E-state index is 0.723. The molecule has 2 aliphatic rings. The van der Waals surface area contributed by atoms with E-state index in [1.165, 1.54) is 49.9 Å². The summed E-state index contributed by atoms with van der Waals surface area (Å²) in [6.45, 7) is 4.56. The average molecular weight is 304 g/mol. The fraction of sp³-hybridized carbons (Fsp3) is 0.667. The maximum absolute atomic E-state index is 5.44. The average Bonchev–Trinajstić information content (AvgIpc) is 2.59. The summed E-state index contributed by atoms with van der Waals surface area (Å²) >= 11 is 0. The second-order valence-electron chi connectivity index (χ2n) is 6.44. The lowest BCUT2D eigenvalue weighted by Gasteiger charge is -2.31. The van der Waals surface area contributed by atoms with E-state index in [4.69, 9.17) is 9.47 Å². The first-order valence-corrected chi connectivity index (χ1v) is 8.49. The molecule has 0 saturated carbocycles. The second-order valence-corrected chi connectivity index (χ2v) is 6.44. The summed E-state index contributed by atoms with van der Waals surface area (Å²) in [6.07, 6.45) is 6.44.